The van der Waals surface area contributed by atoms with Crippen molar-refractivity contribution < 1.29 is 0 Å². The summed E-state index contributed by atoms with van der Waals surface area (Å²) in [5, 5.41) is 0. The van der Waals surface area contributed by atoms with E-state index in [1.165, 1.54) is 11.1 Å². The lowest BCUT2D eigenvalue weighted by atomic mass is 9.88. The molecule has 0 fully saturated rings. The molecule has 0 bridgehead atoms. The molecule has 42 heavy (non-hydrogen) atoms. The van der Waals surface area contributed by atoms with Crippen molar-refractivity contribution in [1.29, 1.82) is 0 Å². The van der Waals surface area contributed by atoms with Crippen LogP contribution >= 0.6 is 0 Å². The highest BCUT2D eigenvalue weighted by Gasteiger charge is 2.43. The minimum absolute atomic E-state index is 0.471. The van der Waals surface area contributed by atoms with Crippen molar-refractivity contribution in [3.63, 3.8) is 0 Å². The van der Waals surface area contributed by atoms with Crippen molar-refractivity contribution in [3.05, 3.63) is 174 Å². The number of nitrogens with zero attached hydrogens (tertiary/aromatic N) is 2. The molecule has 6 rings (SSSR count). The van der Waals surface area contributed by atoms with Crippen LogP contribution in [0.5, 0.6) is 0 Å². The van der Waals surface area contributed by atoms with E-state index < -0.39 is 5.66 Å². The Morgan fingerprint density at radius 1 is 0.524 bits per heavy atom. The van der Waals surface area contributed by atoms with Crippen molar-refractivity contribution in [2.45, 2.75) is 25.2 Å². The predicted octanol–water partition coefficient (Wildman–Crippen LogP) is 8.32. The van der Waals surface area contributed by atoms with Gasteiger partial charge >= 0.3 is 0 Å². The first-order valence-corrected chi connectivity index (χ1v) is 14.5. The first-order valence-electron chi connectivity index (χ1n) is 14.5. The van der Waals surface area contributed by atoms with Crippen LogP contribution in [0.15, 0.2) is 158 Å². The summed E-state index contributed by atoms with van der Waals surface area (Å²) in [6, 6.07) is 49.0. The minimum atomic E-state index is -0.651. The van der Waals surface area contributed by atoms with E-state index in [9.17, 15) is 0 Å². The van der Waals surface area contributed by atoms with Crippen molar-refractivity contribution in [1.82, 2.24) is 0 Å². The van der Waals surface area contributed by atoms with Crippen LogP contribution in [0.25, 0.3) is 5.57 Å². The lowest BCUT2D eigenvalue weighted by molar-refractivity contribution is 0.526. The Balaban J connectivity index is 1.64. The Labute approximate surface area is 248 Å². The highest BCUT2D eigenvalue weighted by Crippen LogP contribution is 2.47. The van der Waals surface area contributed by atoms with Gasteiger partial charge in [-0.2, -0.15) is 0 Å². The number of allylic oxidation sites excluding steroid dienone is 2. The monoisotopic (exact) mass is 548 g/mol. The zero-order chi connectivity index (χ0) is 28.8. The lowest BCUT2D eigenvalue weighted by Gasteiger charge is -2.52. The molecular formula is C38H36N4. The SMILES string of the molecule is NCc1cccc(N(c2ccccc2)C2(N(c3ccccc3)c3cccc(CN)c3)C=CC(c3ccccc3)=CC2)c1. The Morgan fingerprint density at radius 3 is 1.40 bits per heavy atom. The first kappa shape index (κ1) is 27.3. The smallest absolute Gasteiger partial charge is 0.145 e. The summed E-state index contributed by atoms with van der Waals surface area (Å²) in [4.78, 5) is 4.89. The van der Waals surface area contributed by atoms with Gasteiger partial charge in [0.05, 0.1) is 0 Å². The number of rotatable bonds is 9. The third-order valence-corrected chi connectivity index (χ3v) is 7.87. The van der Waals surface area contributed by atoms with E-state index in [2.05, 4.69) is 168 Å². The highest BCUT2D eigenvalue weighted by molar-refractivity contribution is 5.82. The normalized spacial score (nSPS) is 13.8. The van der Waals surface area contributed by atoms with Gasteiger partial charge in [0.25, 0.3) is 0 Å². The molecule has 5 aromatic rings. The minimum Gasteiger partial charge on any atom is -0.326 e. The second-order valence-electron chi connectivity index (χ2n) is 10.5. The fraction of sp³-hybridized carbons (Fsp3) is 0.105. The number of benzene rings is 5. The van der Waals surface area contributed by atoms with Crippen LogP contribution in [0.2, 0.25) is 0 Å². The quantitative estimate of drug-likeness (QED) is 0.182. The number of nitrogens with two attached hydrogens (primary N) is 2. The second kappa shape index (κ2) is 12.3. The van der Waals surface area contributed by atoms with E-state index in [-0.39, 0.29) is 0 Å². The fourth-order valence-electron chi connectivity index (χ4n) is 5.89. The van der Waals surface area contributed by atoms with E-state index in [1.54, 1.807) is 0 Å². The topological polar surface area (TPSA) is 58.5 Å². The van der Waals surface area contributed by atoms with E-state index in [0.29, 0.717) is 13.1 Å². The molecule has 0 saturated carbocycles. The van der Waals surface area contributed by atoms with E-state index in [0.717, 1.165) is 40.3 Å². The standard InChI is InChI=1S/C38H36N4/c39-28-30-12-10-20-36(26-30)41(34-16-6-2-7-17-34)38(24-22-33(23-25-38)32-14-4-1-5-15-32)42(35-18-8-3-9-19-35)37-21-11-13-31(27-37)29-40/h1-24,26-27H,25,28-29,39-40H2. The first-order chi connectivity index (χ1) is 20.7. The number of hydrogen-bond donors (Lipinski definition) is 2. The molecule has 0 heterocycles. The Hall–Kier alpha value is -4.90. The molecule has 5 aromatic carbocycles. The summed E-state index contributed by atoms with van der Waals surface area (Å²) in [5.74, 6) is 0. The predicted molar refractivity (Wildman–Crippen MR) is 177 cm³/mol. The van der Waals surface area contributed by atoms with Crippen LogP contribution in [0, 0.1) is 0 Å². The zero-order valence-corrected chi connectivity index (χ0v) is 23.7. The van der Waals surface area contributed by atoms with Crippen molar-refractivity contribution in [2.24, 2.45) is 11.5 Å². The molecule has 4 nitrogen and oxygen atoms in total. The van der Waals surface area contributed by atoms with Gasteiger partial charge in [-0.3, -0.25) is 0 Å². The molecule has 1 aliphatic rings. The largest absolute Gasteiger partial charge is 0.326 e. The van der Waals surface area contributed by atoms with E-state index in [4.69, 9.17) is 11.5 Å². The van der Waals surface area contributed by atoms with Crippen molar-refractivity contribution >= 4 is 28.3 Å². The maximum atomic E-state index is 6.16. The van der Waals surface area contributed by atoms with Crippen LogP contribution in [-0.4, -0.2) is 5.66 Å². The summed E-state index contributed by atoms with van der Waals surface area (Å²) >= 11 is 0. The summed E-state index contributed by atoms with van der Waals surface area (Å²) < 4.78 is 0. The van der Waals surface area contributed by atoms with Crippen LogP contribution in [-0.2, 0) is 13.1 Å². The molecule has 0 aliphatic heterocycles. The fourth-order valence-corrected chi connectivity index (χ4v) is 5.89. The lowest BCUT2D eigenvalue weighted by Crippen LogP contribution is -2.57. The van der Waals surface area contributed by atoms with Gasteiger partial charge in [0.1, 0.15) is 5.66 Å². The van der Waals surface area contributed by atoms with Crippen LogP contribution in [0.1, 0.15) is 23.1 Å². The maximum absolute atomic E-state index is 6.16. The maximum Gasteiger partial charge on any atom is 0.145 e. The molecule has 4 N–H and O–H groups in total. The second-order valence-corrected chi connectivity index (χ2v) is 10.5. The van der Waals surface area contributed by atoms with Crippen LogP contribution in [0.4, 0.5) is 22.7 Å². The summed E-state index contributed by atoms with van der Waals surface area (Å²) in [6.07, 6.45) is 7.71. The Kier molecular flexibility index (Phi) is 8.00. The molecule has 0 atom stereocenters. The summed E-state index contributed by atoms with van der Waals surface area (Å²) in [5.41, 5.74) is 20.6. The van der Waals surface area contributed by atoms with E-state index in [1.807, 2.05) is 0 Å². The average molecular weight is 549 g/mol. The number of anilines is 4. The summed E-state index contributed by atoms with van der Waals surface area (Å²) in [6.45, 7) is 0.941. The molecule has 0 saturated heterocycles. The van der Waals surface area contributed by atoms with Gasteiger partial charge in [-0.1, -0.05) is 103 Å². The highest BCUT2D eigenvalue weighted by atomic mass is 15.4. The number of hydrogen-bond acceptors (Lipinski definition) is 4. The molecule has 0 radical (unpaired) electrons. The molecule has 0 spiro atoms. The molecule has 0 amide bonds. The Bertz CT molecular complexity index is 1590. The molecular weight excluding hydrogens is 512 g/mol. The number of para-hydroxylation sites is 2. The molecule has 208 valence electrons. The molecule has 0 aromatic heterocycles. The van der Waals surface area contributed by atoms with Gasteiger partial charge < -0.3 is 21.3 Å². The summed E-state index contributed by atoms with van der Waals surface area (Å²) in [7, 11) is 0. The Morgan fingerprint density at radius 2 is 0.976 bits per heavy atom. The molecule has 0 unspecified atom stereocenters. The van der Waals surface area contributed by atoms with Gasteiger partial charge in [0.15, 0.2) is 0 Å². The van der Waals surface area contributed by atoms with Gasteiger partial charge in [-0.25, -0.2) is 0 Å². The van der Waals surface area contributed by atoms with Crippen molar-refractivity contribution in [2.75, 3.05) is 9.80 Å². The average Bonchev–Trinajstić information content (AvgIpc) is 3.07. The van der Waals surface area contributed by atoms with Gasteiger partial charge in [0, 0.05) is 42.3 Å². The van der Waals surface area contributed by atoms with Gasteiger partial charge in [-0.15, -0.1) is 0 Å². The van der Waals surface area contributed by atoms with E-state index >= 15 is 0 Å². The third-order valence-electron chi connectivity index (χ3n) is 7.87. The third kappa shape index (κ3) is 5.38. The molecule has 1 aliphatic carbocycles. The van der Waals surface area contributed by atoms with Crippen LogP contribution < -0.4 is 21.3 Å². The van der Waals surface area contributed by atoms with Gasteiger partial charge in [0.2, 0.25) is 0 Å². The van der Waals surface area contributed by atoms with Crippen molar-refractivity contribution in [3.8, 4) is 0 Å². The van der Waals surface area contributed by atoms with Gasteiger partial charge in [-0.05, 0) is 76.9 Å². The molecule has 4 heteroatoms. The van der Waals surface area contributed by atoms with Crippen LogP contribution in [0.3, 0.4) is 0 Å². The zero-order valence-electron chi connectivity index (χ0n) is 23.7.